The summed E-state index contributed by atoms with van der Waals surface area (Å²) in [5.74, 6) is -0.405. The van der Waals surface area contributed by atoms with Gasteiger partial charge in [0.25, 0.3) is 0 Å². The van der Waals surface area contributed by atoms with Crippen LogP contribution in [0.1, 0.15) is 10.4 Å². The first-order valence-corrected chi connectivity index (χ1v) is 6.43. The van der Waals surface area contributed by atoms with Crippen molar-refractivity contribution in [1.82, 2.24) is 9.97 Å². The number of nitrogens with zero attached hydrogens (tertiary/aromatic N) is 2. The van der Waals surface area contributed by atoms with Gasteiger partial charge in [-0.2, -0.15) is 0 Å². The van der Waals surface area contributed by atoms with E-state index in [1.807, 2.05) is 24.3 Å². The second-order valence-corrected chi connectivity index (χ2v) is 4.65. The van der Waals surface area contributed by atoms with Gasteiger partial charge in [-0.05, 0) is 30.3 Å². The number of aromatic carboxylic acids is 1. The van der Waals surface area contributed by atoms with Crippen molar-refractivity contribution in [2.24, 2.45) is 0 Å². The van der Waals surface area contributed by atoms with Gasteiger partial charge in [-0.15, -0.1) is 0 Å². The van der Waals surface area contributed by atoms with E-state index in [1.165, 1.54) is 18.5 Å². The summed E-state index contributed by atoms with van der Waals surface area (Å²) in [6.07, 6.45) is 1.39. The summed E-state index contributed by atoms with van der Waals surface area (Å²) in [5.41, 5.74) is 0.724. The maximum absolute atomic E-state index is 11.1. The van der Waals surface area contributed by atoms with Gasteiger partial charge in [-0.1, -0.05) is 23.7 Å². The highest BCUT2D eigenvalue weighted by molar-refractivity contribution is 6.33. The number of carboxylic acid groups (broad SMARTS) is 1. The molecule has 0 fully saturated rings. The first-order valence-electron chi connectivity index (χ1n) is 6.05. The van der Waals surface area contributed by atoms with Crippen LogP contribution in [0.2, 0.25) is 5.02 Å². The third-order valence-corrected chi connectivity index (χ3v) is 3.22. The molecule has 6 heteroatoms. The molecule has 104 valence electrons. The number of para-hydroxylation sites is 1. The average Bonchev–Trinajstić information content (AvgIpc) is 2.49. The molecule has 2 aromatic carbocycles. The highest BCUT2D eigenvalue weighted by atomic mass is 35.5. The molecule has 0 bridgehead atoms. The number of hydrogen-bond donors (Lipinski definition) is 1. The zero-order valence-corrected chi connectivity index (χ0v) is 11.4. The molecule has 3 rings (SSSR count). The third kappa shape index (κ3) is 2.64. The molecule has 0 amide bonds. The lowest BCUT2D eigenvalue weighted by Crippen LogP contribution is -1.98. The molecule has 21 heavy (non-hydrogen) atoms. The second kappa shape index (κ2) is 5.38. The van der Waals surface area contributed by atoms with Crippen molar-refractivity contribution in [1.29, 1.82) is 0 Å². The van der Waals surface area contributed by atoms with Gasteiger partial charge >= 0.3 is 5.97 Å². The molecule has 0 spiro atoms. The van der Waals surface area contributed by atoms with Crippen LogP contribution in [0.5, 0.6) is 11.6 Å². The Kier molecular flexibility index (Phi) is 3.41. The number of rotatable bonds is 3. The average molecular weight is 301 g/mol. The summed E-state index contributed by atoms with van der Waals surface area (Å²) in [5, 5.41) is 9.96. The molecule has 0 saturated carbocycles. The Bertz CT molecular complexity index is 831. The van der Waals surface area contributed by atoms with E-state index < -0.39 is 5.97 Å². The van der Waals surface area contributed by atoms with Crippen molar-refractivity contribution >= 4 is 28.5 Å². The molecule has 1 heterocycles. The van der Waals surface area contributed by atoms with Gasteiger partial charge in [0.05, 0.1) is 21.5 Å². The molecule has 1 aromatic heterocycles. The fourth-order valence-electron chi connectivity index (χ4n) is 1.90. The molecule has 0 radical (unpaired) electrons. The van der Waals surface area contributed by atoms with E-state index >= 15 is 0 Å². The summed E-state index contributed by atoms with van der Waals surface area (Å²) in [4.78, 5) is 19.3. The quantitative estimate of drug-likeness (QED) is 0.797. The predicted octanol–water partition coefficient (Wildman–Crippen LogP) is 3.77. The molecule has 0 saturated heterocycles. The molecular formula is C15H9ClN2O3. The van der Waals surface area contributed by atoms with Crippen molar-refractivity contribution in [2.45, 2.75) is 0 Å². The standard InChI is InChI=1S/C15H9ClN2O3/c16-12-6-5-9(7-11(12)15(19)20)21-14-10-3-1-2-4-13(10)17-8-18-14/h1-8H,(H,19,20). The zero-order chi connectivity index (χ0) is 14.8. The van der Waals surface area contributed by atoms with Crippen LogP contribution >= 0.6 is 11.6 Å². The summed E-state index contributed by atoms with van der Waals surface area (Å²) >= 11 is 5.83. The van der Waals surface area contributed by atoms with Crippen molar-refractivity contribution in [3.8, 4) is 11.6 Å². The van der Waals surface area contributed by atoms with Crippen LogP contribution in [0.25, 0.3) is 10.9 Å². The Hall–Kier alpha value is -2.66. The predicted molar refractivity (Wildman–Crippen MR) is 78.0 cm³/mol. The molecule has 3 aromatic rings. The molecule has 5 nitrogen and oxygen atoms in total. The van der Waals surface area contributed by atoms with E-state index in [0.29, 0.717) is 11.6 Å². The van der Waals surface area contributed by atoms with E-state index in [9.17, 15) is 4.79 Å². The summed E-state index contributed by atoms with van der Waals surface area (Å²) in [6, 6.07) is 11.8. The van der Waals surface area contributed by atoms with Crippen molar-refractivity contribution < 1.29 is 14.6 Å². The largest absolute Gasteiger partial charge is 0.478 e. The number of carbonyl (C=O) groups is 1. The normalized spacial score (nSPS) is 10.5. The van der Waals surface area contributed by atoms with Crippen LogP contribution in [0.4, 0.5) is 0 Å². The molecule has 0 aliphatic rings. The van der Waals surface area contributed by atoms with Gasteiger partial charge in [0.1, 0.15) is 12.1 Å². The van der Waals surface area contributed by atoms with E-state index in [2.05, 4.69) is 9.97 Å². The third-order valence-electron chi connectivity index (χ3n) is 2.89. The Balaban J connectivity index is 2.03. The summed E-state index contributed by atoms with van der Waals surface area (Å²) in [6.45, 7) is 0. The Labute approximate surface area is 124 Å². The second-order valence-electron chi connectivity index (χ2n) is 4.24. The van der Waals surface area contributed by atoms with Gasteiger partial charge in [-0.25, -0.2) is 14.8 Å². The van der Waals surface area contributed by atoms with Crippen LogP contribution in [0, 0.1) is 0 Å². The minimum Gasteiger partial charge on any atom is -0.478 e. The lowest BCUT2D eigenvalue weighted by molar-refractivity contribution is 0.0696. The van der Waals surface area contributed by atoms with Crippen LogP contribution in [-0.2, 0) is 0 Å². The number of aromatic nitrogens is 2. The van der Waals surface area contributed by atoms with Gasteiger partial charge in [-0.3, -0.25) is 0 Å². The van der Waals surface area contributed by atoms with E-state index in [4.69, 9.17) is 21.4 Å². The first-order chi connectivity index (χ1) is 10.1. The topological polar surface area (TPSA) is 72.3 Å². The summed E-state index contributed by atoms with van der Waals surface area (Å²) < 4.78 is 5.66. The number of benzene rings is 2. The number of carboxylic acids is 1. The molecule has 0 atom stereocenters. The highest BCUT2D eigenvalue weighted by Crippen LogP contribution is 2.29. The lowest BCUT2D eigenvalue weighted by atomic mass is 10.2. The molecular weight excluding hydrogens is 292 g/mol. The zero-order valence-electron chi connectivity index (χ0n) is 10.7. The SMILES string of the molecule is O=C(O)c1cc(Oc2ncnc3ccccc23)ccc1Cl. The fraction of sp³-hybridized carbons (Fsp3) is 0. The Morgan fingerprint density at radius 3 is 2.76 bits per heavy atom. The van der Waals surface area contributed by atoms with Gasteiger partial charge in [0.2, 0.25) is 5.88 Å². The minimum absolute atomic E-state index is 0.0208. The van der Waals surface area contributed by atoms with Crippen LogP contribution in [-0.4, -0.2) is 21.0 Å². The maximum atomic E-state index is 11.1. The van der Waals surface area contributed by atoms with Gasteiger partial charge in [0.15, 0.2) is 0 Å². The number of hydrogen-bond acceptors (Lipinski definition) is 4. The smallest absolute Gasteiger partial charge is 0.337 e. The minimum atomic E-state index is -1.11. The monoisotopic (exact) mass is 300 g/mol. The van der Waals surface area contributed by atoms with Crippen LogP contribution in [0.3, 0.4) is 0 Å². The first kappa shape index (κ1) is 13.3. The van der Waals surface area contributed by atoms with E-state index in [-0.39, 0.29) is 10.6 Å². The van der Waals surface area contributed by atoms with Crippen molar-refractivity contribution in [2.75, 3.05) is 0 Å². The van der Waals surface area contributed by atoms with E-state index in [1.54, 1.807) is 6.07 Å². The number of fused-ring (bicyclic) bond motifs is 1. The summed E-state index contributed by atoms with van der Waals surface area (Å²) in [7, 11) is 0. The van der Waals surface area contributed by atoms with Crippen LogP contribution < -0.4 is 4.74 Å². The van der Waals surface area contributed by atoms with Crippen molar-refractivity contribution in [3.63, 3.8) is 0 Å². The van der Waals surface area contributed by atoms with Gasteiger partial charge < -0.3 is 9.84 Å². The van der Waals surface area contributed by atoms with E-state index in [0.717, 1.165) is 10.9 Å². The Morgan fingerprint density at radius 1 is 1.14 bits per heavy atom. The number of ether oxygens (including phenoxy) is 1. The number of halogens is 1. The fourth-order valence-corrected chi connectivity index (χ4v) is 2.10. The molecule has 0 unspecified atom stereocenters. The maximum Gasteiger partial charge on any atom is 0.337 e. The van der Waals surface area contributed by atoms with Crippen molar-refractivity contribution in [3.05, 3.63) is 59.4 Å². The van der Waals surface area contributed by atoms with Crippen LogP contribution in [0.15, 0.2) is 48.8 Å². The molecule has 0 aliphatic heterocycles. The lowest BCUT2D eigenvalue weighted by Gasteiger charge is -2.08. The Morgan fingerprint density at radius 2 is 1.95 bits per heavy atom. The highest BCUT2D eigenvalue weighted by Gasteiger charge is 2.12. The molecule has 1 N–H and O–H groups in total. The van der Waals surface area contributed by atoms with Gasteiger partial charge in [0, 0.05) is 0 Å². The molecule has 0 aliphatic carbocycles.